The zero-order valence-corrected chi connectivity index (χ0v) is 17.5. The molecule has 4 rings (SSSR count). The largest absolute Gasteiger partial charge is 0.493 e. The van der Waals surface area contributed by atoms with Crippen LogP contribution in [0.25, 0.3) is 0 Å². The van der Waals surface area contributed by atoms with Crippen molar-refractivity contribution in [1.29, 1.82) is 0 Å². The monoisotopic (exact) mass is 430 g/mol. The fourth-order valence-corrected chi connectivity index (χ4v) is 4.34. The maximum atomic E-state index is 13.1. The van der Waals surface area contributed by atoms with Gasteiger partial charge in [-0.15, -0.1) is 0 Å². The van der Waals surface area contributed by atoms with E-state index in [9.17, 15) is 13.2 Å². The van der Waals surface area contributed by atoms with Gasteiger partial charge in [0, 0.05) is 37.1 Å². The maximum Gasteiger partial charge on any atom is 0.416 e. The topological polar surface area (TPSA) is 26.6 Å². The van der Waals surface area contributed by atoms with Crippen molar-refractivity contribution in [1.82, 2.24) is 9.47 Å². The first-order valence-electron chi connectivity index (χ1n) is 10.2. The second-order valence-corrected chi connectivity index (χ2v) is 7.63. The third-order valence-corrected chi connectivity index (χ3v) is 5.77. The number of fused-ring (bicyclic) bond motifs is 1. The van der Waals surface area contributed by atoms with E-state index in [1.807, 2.05) is 36.5 Å². The van der Waals surface area contributed by atoms with Gasteiger partial charge in [-0.25, -0.2) is 0 Å². The van der Waals surface area contributed by atoms with Crippen molar-refractivity contribution in [2.75, 3.05) is 20.8 Å². The third kappa shape index (κ3) is 4.28. The smallest absolute Gasteiger partial charge is 0.416 e. The minimum absolute atomic E-state index is 0.171. The van der Waals surface area contributed by atoms with Gasteiger partial charge in [0.1, 0.15) is 0 Å². The summed E-state index contributed by atoms with van der Waals surface area (Å²) in [4.78, 5) is 2.29. The molecule has 31 heavy (non-hydrogen) atoms. The first-order valence-corrected chi connectivity index (χ1v) is 10.2. The Bertz CT molecular complexity index is 1030. The molecule has 0 saturated heterocycles. The van der Waals surface area contributed by atoms with E-state index < -0.39 is 11.7 Å². The molecule has 0 bridgehead atoms. The molecule has 4 nitrogen and oxygen atoms in total. The molecule has 3 aromatic rings. The molecule has 0 unspecified atom stereocenters. The van der Waals surface area contributed by atoms with Crippen LogP contribution in [0, 0.1) is 0 Å². The van der Waals surface area contributed by atoms with Crippen molar-refractivity contribution in [2.45, 2.75) is 31.7 Å². The zero-order chi connectivity index (χ0) is 22.0. The summed E-state index contributed by atoms with van der Waals surface area (Å²) in [6.45, 7) is 2.25. The van der Waals surface area contributed by atoms with Gasteiger partial charge in [0.05, 0.1) is 25.8 Å². The summed E-state index contributed by atoms with van der Waals surface area (Å²) in [7, 11) is 3.22. The Balaban J connectivity index is 1.74. The molecule has 0 radical (unpaired) electrons. The molecule has 1 aromatic heterocycles. The molecule has 0 spiro atoms. The van der Waals surface area contributed by atoms with Gasteiger partial charge < -0.3 is 14.0 Å². The second-order valence-electron chi connectivity index (χ2n) is 7.63. The number of hydrogen-bond acceptors (Lipinski definition) is 3. The Hall–Kier alpha value is -2.93. The number of aryl methyl sites for hydroxylation is 1. The summed E-state index contributed by atoms with van der Waals surface area (Å²) in [6, 6.07) is 15.1. The summed E-state index contributed by atoms with van der Waals surface area (Å²) >= 11 is 0. The minimum atomic E-state index is -4.35. The lowest BCUT2D eigenvalue weighted by atomic mass is 9.99. The van der Waals surface area contributed by atoms with Crippen LogP contribution in [0.4, 0.5) is 13.2 Å². The first kappa shape index (κ1) is 21.3. The van der Waals surface area contributed by atoms with E-state index in [0.717, 1.165) is 48.5 Å². The van der Waals surface area contributed by atoms with Crippen LogP contribution in [0.3, 0.4) is 0 Å². The van der Waals surface area contributed by atoms with Crippen LogP contribution in [-0.4, -0.2) is 30.2 Å². The molecular formula is C24H25F3N2O2. The summed E-state index contributed by atoms with van der Waals surface area (Å²) in [6.07, 6.45) is -1.39. The van der Waals surface area contributed by atoms with Gasteiger partial charge in [-0.1, -0.05) is 24.3 Å². The highest BCUT2D eigenvalue weighted by molar-refractivity contribution is 5.47. The van der Waals surface area contributed by atoms with E-state index in [-0.39, 0.29) is 6.04 Å². The third-order valence-electron chi connectivity index (χ3n) is 5.77. The molecule has 164 valence electrons. The summed E-state index contributed by atoms with van der Waals surface area (Å²) in [5, 5.41) is 0. The lowest BCUT2D eigenvalue weighted by molar-refractivity contribution is -0.137. The number of rotatable bonds is 5. The Morgan fingerprint density at radius 2 is 1.71 bits per heavy atom. The van der Waals surface area contributed by atoms with Gasteiger partial charge in [-0.05, 0) is 42.3 Å². The highest BCUT2D eigenvalue weighted by Gasteiger charge is 2.32. The Labute approximate surface area is 179 Å². The summed E-state index contributed by atoms with van der Waals surface area (Å²) in [5.74, 6) is 1.33. The molecule has 2 heterocycles. The molecule has 0 N–H and O–H groups in total. The SMILES string of the molecule is COc1cccc(CN2CCCn3cccc3[C@H]2c2ccc(C(F)(F)F)cc2)c1OC. The number of para-hydroxylation sites is 1. The van der Waals surface area contributed by atoms with Crippen LogP contribution in [0.5, 0.6) is 11.5 Å². The molecule has 0 fully saturated rings. The van der Waals surface area contributed by atoms with Gasteiger partial charge in [0.15, 0.2) is 11.5 Å². The fraction of sp³-hybridized carbons (Fsp3) is 0.333. The fourth-order valence-electron chi connectivity index (χ4n) is 4.34. The second kappa shape index (κ2) is 8.67. The number of nitrogens with zero attached hydrogens (tertiary/aromatic N) is 2. The van der Waals surface area contributed by atoms with E-state index >= 15 is 0 Å². The van der Waals surface area contributed by atoms with Crippen LogP contribution in [0.1, 0.15) is 34.8 Å². The standard InChI is InChI=1S/C24H25F3N2O2/c1-30-21-8-3-6-18(23(21)31-2)16-29-15-5-14-28-13-4-7-20(28)22(29)17-9-11-19(12-10-17)24(25,26)27/h3-4,6-13,22H,5,14-16H2,1-2H3/t22-/m1/s1. The summed E-state index contributed by atoms with van der Waals surface area (Å²) in [5.41, 5.74) is 2.23. The van der Waals surface area contributed by atoms with Crippen LogP contribution in [0.15, 0.2) is 60.8 Å². The average Bonchev–Trinajstić information content (AvgIpc) is 3.14. The van der Waals surface area contributed by atoms with Crippen molar-refractivity contribution < 1.29 is 22.6 Å². The average molecular weight is 430 g/mol. The van der Waals surface area contributed by atoms with Crippen LogP contribution >= 0.6 is 0 Å². The van der Waals surface area contributed by atoms with Crippen molar-refractivity contribution >= 4 is 0 Å². The Morgan fingerprint density at radius 3 is 2.39 bits per heavy atom. The number of halogens is 3. The predicted molar refractivity (Wildman–Crippen MR) is 112 cm³/mol. The highest BCUT2D eigenvalue weighted by Crippen LogP contribution is 2.38. The normalized spacial score (nSPS) is 17.1. The Morgan fingerprint density at radius 1 is 0.935 bits per heavy atom. The molecule has 1 atom stereocenters. The first-order chi connectivity index (χ1) is 14.9. The number of aromatic nitrogens is 1. The Kier molecular flexibility index (Phi) is 5.96. The number of methoxy groups -OCH3 is 2. The molecule has 1 aliphatic rings. The summed E-state index contributed by atoms with van der Waals surface area (Å²) < 4.78 is 52.5. The van der Waals surface area contributed by atoms with Gasteiger partial charge >= 0.3 is 6.18 Å². The van der Waals surface area contributed by atoms with Crippen molar-refractivity contribution in [3.63, 3.8) is 0 Å². The van der Waals surface area contributed by atoms with E-state index in [0.29, 0.717) is 18.0 Å². The quantitative estimate of drug-likeness (QED) is 0.533. The predicted octanol–water partition coefficient (Wildman–Crippen LogP) is 5.52. The zero-order valence-electron chi connectivity index (χ0n) is 17.5. The van der Waals surface area contributed by atoms with Gasteiger partial charge in [-0.2, -0.15) is 13.2 Å². The molecular weight excluding hydrogens is 405 g/mol. The molecule has 1 aliphatic heterocycles. The lowest BCUT2D eigenvalue weighted by Gasteiger charge is -2.31. The van der Waals surface area contributed by atoms with Gasteiger partial charge in [-0.3, -0.25) is 4.90 Å². The van der Waals surface area contributed by atoms with Crippen LogP contribution < -0.4 is 9.47 Å². The van der Waals surface area contributed by atoms with E-state index in [4.69, 9.17) is 9.47 Å². The van der Waals surface area contributed by atoms with Crippen molar-refractivity contribution in [3.05, 3.63) is 83.2 Å². The minimum Gasteiger partial charge on any atom is -0.493 e. The molecule has 0 amide bonds. The molecule has 2 aromatic carbocycles. The van der Waals surface area contributed by atoms with E-state index in [1.165, 1.54) is 0 Å². The van der Waals surface area contributed by atoms with E-state index in [1.54, 1.807) is 26.4 Å². The molecule has 7 heteroatoms. The number of alkyl halides is 3. The van der Waals surface area contributed by atoms with Crippen molar-refractivity contribution in [2.24, 2.45) is 0 Å². The number of hydrogen-bond donors (Lipinski definition) is 0. The van der Waals surface area contributed by atoms with Crippen molar-refractivity contribution in [3.8, 4) is 11.5 Å². The lowest BCUT2D eigenvalue weighted by Crippen LogP contribution is -2.29. The van der Waals surface area contributed by atoms with Gasteiger partial charge in [0.2, 0.25) is 0 Å². The van der Waals surface area contributed by atoms with E-state index in [2.05, 4.69) is 9.47 Å². The van der Waals surface area contributed by atoms with Gasteiger partial charge in [0.25, 0.3) is 0 Å². The number of ether oxygens (including phenoxy) is 2. The maximum absolute atomic E-state index is 13.1. The molecule has 0 aliphatic carbocycles. The highest BCUT2D eigenvalue weighted by atomic mass is 19.4. The number of benzene rings is 2. The van der Waals surface area contributed by atoms with Crippen LogP contribution in [-0.2, 0) is 19.3 Å². The van der Waals surface area contributed by atoms with Crippen LogP contribution in [0.2, 0.25) is 0 Å². The molecule has 0 saturated carbocycles.